The first kappa shape index (κ1) is 77.8. The fraction of sp³-hybridized carbons (Fsp3) is 0.248. The van der Waals surface area contributed by atoms with E-state index >= 15 is 0 Å². The molecule has 0 aliphatic heterocycles. The molecule has 0 N–H and O–H groups in total. The average Bonchev–Trinajstić information content (AvgIpc) is 1.61. The Kier molecular flexibility index (Phi) is 22.6. The first-order chi connectivity index (χ1) is 54.4. The highest BCUT2D eigenvalue weighted by Crippen LogP contribution is 2.42. The monoisotopic (exact) mass is 1490 g/mol. The van der Waals surface area contributed by atoms with Gasteiger partial charge in [0, 0.05) is 85.3 Å². The molecule has 8 heterocycles. The molecule has 18 rings (SSSR count). The normalized spacial score (nSPS) is 11.6. The largest absolute Gasteiger partial charge is 0.295 e. The smallest absolute Gasteiger partial charge is 0.232 e. The van der Waals surface area contributed by atoms with Gasteiger partial charge in [0.05, 0.1) is 37.3 Å². The van der Waals surface area contributed by atoms with Crippen LogP contribution in [0.1, 0.15) is 129 Å². The van der Waals surface area contributed by atoms with Crippen LogP contribution in [0.3, 0.4) is 0 Å². The Morgan fingerprint density at radius 2 is 0.717 bits per heavy atom. The van der Waals surface area contributed by atoms with Crippen LogP contribution in [-0.2, 0) is 48.1 Å². The van der Waals surface area contributed by atoms with E-state index in [1.165, 1.54) is 188 Å². The number of nitrogens with zero attached hydrogens (tertiary/aromatic N) is 8. The van der Waals surface area contributed by atoms with Gasteiger partial charge in [-0.2, -0.15) is 13.2 Å². The highest BCUT2D eigenvalue weighted by molar-refractivity contribution is 6.14. The van der Waals surface area contributed by atoms with Crippen molar-refractivity contribution >= 4 is 82.0 Å². The van der Waals surface area contributed by atoms with Gasteiger partial charge in [0.25, 0.3) is 16.9 Å². The van der Waals surface area contributed by atoms with Crippen LogP contribution in [0.25, 0.3) is 127 Å². The van der Waals surface area contributed by atoms with Crippen LogP contribution >= 0.6 is 0 Å². The maximum atomic E-state index is 2.52. The molecule has 0 bridgehead atoms. The standard InChI is InChI=1S/C31H35N2.C29H31N2.C18H17N2.C14H16N.C13H14N/c1-20(2)17-23-12-10-13-24(18-21(3)4)30(23)28-19-32(6)31-29-22(5)11-9-15-26(29)25-14-7-8-16-27(25)33(28)31;1-18(2)21-13-10-14-22(19(3)4)28(21)26-17-30(6)29-27-20(5)11-9-15-24(27)23-12-7-8-16-25(23)31(26)29;1-12-7-6-9-15-14-8-4-5-10-16(14)20-11-13(2)19(3)18(20)17(12)15;1-11-8-9-14(15(3)10-11)13-7-5-4-6-12(13)2;1-11-7-3-4-8-12(11)13-9-5-6-10-14(13)2/h7-16,19-21H,17-18H2,1-6H3;7-19H,1-6H3;4-11H,1-3H3;4-10H,1-3H3;3-10H,1-2H3/q5*+1. The summed E-state index contributed by atoms with van der Waals surface area (Å²) in [6.07, 6.45) is 13.3. The zero-order valence-corrected chi connectivity index (χ0v) is 70.3. The van der Waals surface area contributed by atoms with Crippen molar-refractivity contribution in [2.45, 2.75) is 129 Å². The van der Waals surface area contributed by atoms with Gasteiger partial charge in [0.2, 0.25) is 11.4 Å². The van der Waals surface area contributed by atoms with Crippen molar-refractivity contribution in [3.63, 3.8) is 0 Å². The highest BCUT2D eigenvalue weighted by atomic mass is 15.1. The van der Waals surface area contributed by atoms with Gasteiger partial charge in [-0.15, -0.1) is 0 Å². The molecule has 0 saturated heterocycles. The van der Waals surface area contributed by atoms with Crippen molar-refractivity contribution in [2.24, 2.45) is 47.1 Å². The third-order valence-electron chi connectivity index (χ3n) is 23.0. The number of para-hydroxylation sites is 3. The van der Waals surface area contributed by atoms with Crippen LogP contribution in [-0.4, -0.2) is 13.4 Å². The van der Waals surface area contributed by atoms with E-state index in [4.69, 9.17) is 0 Å². The lowest BCUT2D eigenvalue weighted by atomic mass is 9.87. The first-order valence-electron chi connectivity index (χ1n) is 40.6. The topological polar surface area (TPSA) is 33.4 Å². The van der Waals surface area contributed by atoms with Crippen molar-refractivity contribution in [1.82, 2.24) is 13.4 Å². The van der Waals surface area contributed by atoms with Crippen LogP contribution in [0.4, 0.5) is 0 Å². The van der Waals surface area contributed by atoms with Crippen LogP contribution in [0, 0.1) is 60.3 Å². The molecule has 0 aliphatic carbocycles. The number of hydrogen-bond acceptors (Lipinski definition) is 0. The van der Waals surface area contributed by atoms with E-state index in [9.17, 15) is 0 Å². The molecule has 0 aliphatic rings. The number of fused-ring (bicyclic) bond motifs is 18. The van der Waals surface area contributed by atoms with Crippen molar-refractivity contribution in [1.29, 1.82) is 0 Å². The van der Waals surface area contributed by atoms with E-state index in [1.54, 1.807) is 0 Å². The summed E-state index contributed by atoms with van der Waals surface area (Å²) in [5.41, 5.74) is 33.0. The number of aromatic nitrogens is 8. The molecule has 113 heavy (non-hydrogen) atoms. The number of imidazole rings is 3. The van der Waals surface area contributed by atoms with Gasteiger partial charge in [0.15, 0.2) is 23.8 Å². The summed E-state index contributed by atoms with van der Waals surface area (Å²) in [4.78, 5) is 0. The molecule has 8 heteroatoms. The number of rotatable bonds is 10. The van der Waals surface area contributed by atoms with Crippen molar-refractivity contribution < 1.29 is 22.7 Å². The quantitative estimate of drug-likeness (QED) is 0.0966. The van der Waals surface area contributed by atoms with Crippen LogP contribution < -0.4 is 22.7 Å². The lowest BCUT2D eigenvalue weighted by Gasteiger charge is -2.18. The maximum Gasteiger partial charge on any atom is 0.295 e. The lowest BCUT2D eigenvalue weighted by molar-refractivity contribution is -0.660. The number of benzene rings is 10. The molecule has 0 radical (unpaired) electrons. The third-order valence-corrected chi connectivity index (χ3v) is 23.0. The number of hydrogen-bond donors (Lipinski definition) is 0. The second-order valence-corrected chi connectivity index (χ2v) is 32.9. The van der Waals surface area contributed by atoms with E-state index < -0.39 is 0 Å². The van der Waals surface area contributed by atoms with Gasteiger partial charge in [-0.3, -0.25) is 0 Å². The second kappa shape index (κ2) is 32.8. The number of aryl methyl sites for hydroxylation is 12. The minimum Gasteiger partial charge on any atom is -0.232 e. The Morgan fingerprint density at radius 1 is 0.319 bits per heavy atom. The van der Waals surface area contributed by atoms with E-state index in [0.29, 0.717) is 23.7 Å². The molecule has 0 amide bonds. The van der Waals surface area contributed by atoms with Crippen molar-refractivity contribution in [3.05, 3.63) is 335 Å². The molecule has 0 atom stereocenters. The van der Waals surface area contributed by atoms with Crippen LogP contribution in [0.2, 0.25) is 0 Å². The molecule has 8 aromatic heterocycles. The first-order valence-corrected chi connectivity index (χ1v) is 40.6. The second-order valence-electron chi connectivity index (χ2n) is 32.9. The molecule has 18 aromatic rings. The summed E-state index contributed by atoms with van der Waals surface area (Å²) >= 11 is 0. The average molecular weight is 1490 g/mol. The Morgan fingerprint density at radius 3 is 1.19 bits per heavy atom. The van der Waals surface area contributed by atoms with Crippen LogP contribution in [0.15, 0.2) is 274 Å². The molecular weight excluding hydrogens is 1370 g/mol. The van der Waals surface area contributed by atoms with E-state index in [0.717, 1.165) is 12.8 Å². The SMILES string of the molecule is Cc1ccc(-c2ccccc2C)[n+](C)c1.Cc1cccc2c3ccccc3[n+]3cc(C)n(C)c3c12.Cc1cccc2c3ccccc3n3c(-c4c(C(C)C)cccc4C(C)C)c[n+](C)c3c12.Cc1cccc2c3ccccc3n3c(-c4c(CC(C)C)cccc4CC(C)C)c[n+](C)c3c12.Cc1ccccc1-c1cccc[n+]1C. The molecule has 0 fully saturated rings. The van der Waals surface area contributed by atoms with E-state index in [2.05, 4.69) is 443 Å². The molecule has 0 saturated carbocycles. The van der Waals surface area contributed by atoms with Gasteiger partial charge in [0.1, 0.15) is 54.9 Å². The summed E-state index contributed by atoms with van der Waals surface area (Å²) in [7, 11) is 10.7. The van der Waals surface area contributed by atoms with Gasteiger partial charge in [-0.1, -0.05) is 237 Å². The summed E-state index contributed by atoms with van der Waals surface area (Å²) in [6.45, 7) is 33.7. The van der Waals surface area contributed by atoms with Crippen molar-refractivity contribution in [3.8, 4) is 45.0 Å². The van der Waals surface area contributed by atoms with Crippen molar-refractivity contribution in [2.75, 3.05) is 0 Å². The molecule has 10 aromatic carbocycles. The van der Waals surface area contributed by atoms with Gasteiger partial charge in [-0.25, -0.2) is 22.8 Å². The Hall–Kier alpha value is -11.9. The Labute approximate surface area is 669 Å². The van der Waals surface area contributed by atoms with E-state index in [1.807, 2.05) is 6.07 Å². The van der Waals surface area contributed by atoms with Gasteiger partial charge >= 0.3 is 0 Å². The fourth-order valence-corrected chi connectivity index (χ4v) is 17.6. The molecule has 568 valence electrons. The van der Waals surface area contributed by atoms with Gasteiger partial charge in [-0.05, 0) is 171 Å². The highest BCUT2D eigenvalue weighted by Gasteiger charge is 2.31. The van der Waals surface area contributed by atoms with Gasteiger partial charge < -0.3 is 0 Å². The summed E-state index contributed by atoms with van der Waals surface area (Å²) < 4.78 is 18.6. The predicted molar refractivity (Wildman–Crippen MR) is 476 cm³/mol. The van der Waals surface area contributed by atoms with Crippen LogP contribution in [0.5, 0.6) is 0 Å². The predicted octanol–water partition coefficient (Wildman–Crippen LogP) is 23.7. The Balaban J connectivity index is 0.000000122. The molecule has 8 nitrogen and oxygen atoms in total. The van der Waals surface area contributed by atoms with E-state index in [-0.39, 0.29) is 0 Å². The number of pyridine rings is 5. The molecule has 0 spiro atoms. The zero-order valence-electron chi connectivity index (χ0n) is 70.3. The minimum atomic E-state index is 0.456. The Bertz CT molecular complexity index is 6510. The summed E-state index contributed by atoms with van der Waals surface area (Å²) in [6, 6.07) is 87.6. The fourth-order valence-electron chi connectivity index (χ4n) is 17.6. The maximum absolute atomic E-state index is 2.52. The minimum absolute atomic E-state index is 0.456. The summed E-state index contributed by atoms with van der Waals surface area (Å²) in [5.74, 6) is 2.13. The third kappa shape index (κ3) is 15.0. The zero-order chi connectivity index (χ0) is 79.8. The molecular formula is C105H113N8+5. The lowest BCUT2D eigenvalue weighted by Crippen LogP contribution is -2.30. The molecule has 0 unspecified atom stereocenters. The summed E-state index contributed by atoms with van der Waals surface area (Å²) in [5, 5.41) is 11.9.